The summed E-state index contributed by atoms with van der Waals surface area (Å²) < 4.78 is 9.77. The Morgan fingerprint density at radius 1 is 1.31 bits per heavy atom. The van der Waals surface area contributed by atoms with Crippen LogP contribution in [0.25, 0.3) is 0 Å². The number of methoxy groups -OCH3 is 1. The average molecular weight is 229 g/mol. The molecule has 0 saturated carbocycles. The van der Waals surface area contributed by atoms with Crippen LogP contribution in [0, 0.1) is 0 Å². The van der Waals surface area contributed by atoms with Gasteiger partial charge in [-0.05, 0) is 32.7 Å². The van der Waals surface area contributed by atoms with Gasteiger partial charge in [0.2, 0.25) is 0 Å². The molecule has 0 unspecified atom stereocenters. The predicted octanol–water partition coefficient (Wildman–Crippen LogP) is 1.51. The standard InChI is InChI=1S/C12H23NO3/c1-4-16-12(14)11(2)10-13-8-6-5-7-9-15-3/h13H,2,4-10H2,1,3H3. The molecule has 4 heteroatoms. The number of carbonyl (C=O) groups is 1. The Hall–Kier alpha value is -0.870. The predicted molar refractivity (Wildman–Crippen MR) is 64.4 cm³/mol. The number of hydrogen-bond acceptors (Lipinski definition) is 4. The van der Waals surface area contributed by atoms with Crippen LogP contribution in [0.5, 0.6) is 0 Å². The number of nitrogens with one attached hydrogen (secondary N) is 1. The van der Waals surface area contributed by atoms with Gasteiger partial charge in [0.15, 0.2) is 0 Å². The quantitative estimate of drug-likeness (QED) is 0.350. The van der Waals surface area contributed by atoms with Crippen LogP contribution >= 0.6 is 0 Å². The van der Waals surface area contributed by atoms with Crippen LogP contribution in [0.15, 0.2) is 12.2 Å². The third-order valence-electron chi connectivity index (χ3n) is 2.10. The van der Waals surface area contributed by atoms with E-state index in [4.69, 9.17) is 9.47 Å². The summed E-state index contributed by atoms with van der Waals surface area (Å²) in [6, 6.07) is 0. The second-order valence-corrected chi connectivity index (χ2v) is 3.55. The molecule has 0 atom stereocenters. The van der Waals surface area contributed by atoms with E-state index in [9.17, 15) is 4.79 Å². The summed E-state index contributed by atoms with van der Waals surface area (Å²) in [6.45, 7) is 8.06. The van der Waals surface area contributed by atoms with Gasteiger partial charge in [0.1, 0.15) is 0 Å². The molecule has 0 aliphatic carbocycles. The van der Waals surface area contributed by atoms with E-state index < -0.39 is 0 Å². The molecule has 0 aliphatic rings. The number of unbranched alkanes of at least 4 members (excludes halogenated alkanes) is 2. The fourth-order valence-electron chi connectivity index (χ4n) is 1.22. The Balaban J connectivity index is 3.31. The number of carbonyl (C=O) groups excluding carboxylic acids is 1. The second-order valence-electron chi connectivity index (χ2n) is 3.55. The zero-order valence-corrected chi connectivity index (χ0v) is 10.4. The number of hydrogen-bond donors (Lipinski definition) is 1. The van der Waals surface area contributed by atoms with Crippen molar-refractivity contribution < 1.29 is 14.3 Å². The molecule has 1 N–H and O–H groups in total. The van der Waals surface area contributed by atoms with Crippen molar-refractivity contribution >= 4 is 5.97 Å². The van der Waals surface area contributed by atoms with Crippen molar-refractivity contribution in [2.75, 3.05) is 33.4 Å². The molecule has 0 aromatic heterocycles. The van der Waals surface area contributed by atoms with Crippen LogP contribution in [-0.2, 0) is 14.3 Å². The average Bonchev–Trinajstić information content (AvgIpc) is 2.28. The normalized spacial score (nSPS) is 10.1. The summed E-state index contributed by atoms with van der Waals surface area (Å²) in [5, 5.41) is 3.16. The fourth-order valence-corrected chi connectivity index (χ4v) is 1.22. The molecule has 0 aromatic rings. The van der Waals surface area contributed by atoms with E-state index in [0.717, 1.165) is 32.4 Å². The lowest BCUT2D eigenvalue weighted by Crippen LogP contribution is -2.22. The largest absolute Gasteiger partial charge is 0.463 e. The molecule has 4 nitrogen and oxygen atoms in total. The van der Waals surface area contributed by atoms with Crippen molar-refractivity contribution in [2.24, 2.45) is 0 Å². The van der Waals surface area contributed by atoms with Gasteiger partial charge in [-0.25, -0.2) is 4.79 Å². The third-order valence-corrected chi connectivity index (χ3v) is 2.10. The number of ether oxygens (including phenoxy) is 2. The maximum atomic E-state index is 11.2. The molecule has 0 spiro atoms. The van der Waals surface area contributed by atoms with E-state index in [2.05, 4.69) is 11.9 Å². The maximum absolute atomic E-state index is 11.2. The summed E-state index contributed by atoms with van der Waals surface area (Å²) in [6.07, 6.45) is 3.29. The van der Waals surface area contributed by atoms with Crippen LogP contribution in [0.4, 0.5) is 0 Å². The van der Waals surface area contributed by atoms with Gasteiger partial charge in [-0.15, -0.1) is 0 Å². The maximum Gasteiger partial charge on any atom is 0.334 e. The zero-order valence-electron chi connectivity index (χ0n) is 10.4. The molecular weight excluding hydrogens is 206 g/mol. The Morgan fingerprint density at radius 2 is 2.06 bits per heavy atom. The zero-order chi connectivity index (χ0) is 12.2. The van der Waals surface area contributed by atoms with Crippen molar-refractivity contribution in [1.29, 1.82) is 0 Å². The molecule has 0 fully saturated rings. The Morgan fingerprint density at radius 3 is 2.69 bits per heavy atom. The monoisotopic (exact) mass is 229 g/mol. The lowest BCUT2D eigenvalue weighted by Gasteiger charge is -2.06. The van der Waals surface area contributed by atoms with Crippen molar-refractivity contribution in [2.45, 2.75) is 26.2 Å². The summed E-state index contributed by atoms with van der Waals surface area (Å²) in [4.78, 5) is 11.2. The fraction of sp³-hybridized carbons (Fsp3) is 0.750. The van der Waals surface area contributed by atoms with Crippen molar-refractivity contribution in [1.82, 2.24) is 5.32 Å². The van der Waals surface area contributed by atoms with Gasteiger partial charge in [-0.3, -0.25) is 0 Å². The van der Waals surface area contributed by atoms with Crippen LogP contribution in [-0.4, -0.2) is 39.4 Å². The molecule has 0 aromatic carbocycles. The number of esters is 1. The van der Waals surface area contributed by atoms with E-state index in [1.807, 2.05) is 0 Å². The minimum Gasteiger partial charge on any atom is -0.463 e. The highest BCUT2D eigenvalue weighted by molar-refractivity contribution is 5.88. The van der Waals surface area contributed by atoms with Gasteiger partial charge in [0.05, 0.1) is 6.61 Å². The van der Waals surface area contributed by atoms with E-state index in [1.165, 1.54) is 0 Å². The molecule has 0 amide bonds. The van der Waals surface area contributed by atoms with E-state index in [-0.39, 0.29) is 5.97 Å². The van der Waals surface area contributed by atoms with E-state index >= 15 is 0 Å². The van der Waals surface area contributed by atoms with Crippen LogP contribution < -0.4 is 5.32 Å². The smallest absolute Gasteiger partial charge is 0.334 e. The van der Waals surface area contributed by atoms with Gasteiger partial charge in [-0.1, -0.05) is 6.58 Å². The molecule has 0 aliphatic heterocycles. The highest BCUT2D eigenvalue weighted by Crippen LogP contribution is 1.96. The lowest BCUT2D eigenvalue weighted by molar-refractivity contribution is -0.138. The summed E-state index contributed by atoms with van der Waals surface area (Å²) in [5.74, 6) is -0.311. The van der Waals surface area contributed by atoms with Crippen LogP contribution in [0.3, 0.4) is 0 Å². The first-order chi connectivity index (χ1) is 7.72. The molecule has 94 valence electrons. The molecule has 16 heavy (non-hydrogen) atoms. The Kier molecular flexibility index (Phi) is 10.1. The minimum atomic E-state index is -0.311. The Bertz CT molecular complexity index is 204. The minimum absolute atomic E-state index is 0.311. The van der Waals surface area contributed by atoms with E-state index in [0.29, 0.717) is 18.7 Å². The summed E-state index contributed by atoms with van der Waals surface area (Å²) in [7, 11) is 1.71. The summed E-state index contributed by atoms with van der Waals surface area (Å²) in [5.41, 5.74) is 0.485. The second kappa shape index (κ2) is 10.6. The van der Waals surface area contributed by atoms with Gasteiger partial charge in [-0.2, -0.15) is 0 Å². The molecule has 0 rings (SSSR count). The molecular formula is C12H23NO3. The van der Waals surface area contributed by atoms with Crippen molar-refractivity contribution in [3.8, 4) is 0 Å². The first-order valence-corrected chi connectivity index (χ1v) is 5.77. The van der Waals surface area contributed by atoms with Gasteiger partial charge < -0.3 is 14.8 Å². The van der Waals surface area contributed by atoms with Crippen molar-refractivity contribution in [3.63, 3.8) is 0 Å². The Labute approximate surface area is 98.0 Å². The molecule has 0 bridgehead atoms. The van der Waals surface area contributed by atoms with Crippen LogP contribution in [0.1, 0.15) is 26.2 Å². The first-order valence-electron chi connectivity index (χ1n) is 5.77. The van der Waals surface area contributed by atoms with Crippen molar-refractivity contribution in [3.05, 3.63) is 12.2 Å². The SMILES string of the molecule is C=C(CNCCCCCOC)C(=O)OCC. The lowest BCUT2D eigenvalue weighted by atomic mass is 10.2. The van der Waals surface area contributed by atoms with Gasteiger partial charge in [0.25, 0.3) is 0 Å². The summed E-state index contributed by atoms with van der Waals surface area (Å²) >= 11 is 0. The molecule has 0 radical (unpaired) electrons. The highest BCUT2D eigenvalue weighted by atomic mass is 16.5. The van der Waals surface area contributed by atoms with Gasteiger partial charge in [0, 0.05) is 25.8 Å². The topological polar surface area (TPSA) is 47.6 Å². The number of rotatable bonds is 10. The molecule has 0 heterocycles. The third kappa shape index (κ3) is 8.44. The van der Waals surface area contributed by atoms with E-state index in [1.54, 1.807) is 14.0 Å². The highest BCUT2D eigenvalue weighted by Gasteiger charge is 2.05. The molecule has 0 saturated heterocycles. The van der Waals surface area contributed by atoms with Gasteiger partial charge >= 0.3 is 5.97 Å². The first kappa shape index (κ1) is 15.1. The van der Waals surface area contributed by atoms with Crippen LogP contribution in [0.2, 0.25) is 0 Å².